The molecule has 0 radical (unpaired) electrons. The van der Waals surface area contributed by atoms with Crippen molar-refractivity contribution in [2.45, 2.75) is 12.3 Å². The molecule has 8 heteroatoms. The summed E-state index contributed by atoms with van der Waals surface area (Å²) in [5.41, 5.74) is 0.745. The number of anilines is 1. The molecule has 1 aromatic carbocycles. The van der Waals surface area contributed by atoms with Crippen LogP contribution in [0.1, 0.15) is 0 Å². The Hall–Kier alpha value is -1.96. The summed E-state index contributed by atoms with van der Waals surface area (Å²) >= 11 is 1.39. The molecule has 1 amide bonds. The number of carbonyl (C=O) groups excluding carboxylic acids is 1. The molecule has 0 saturated carbocycles. The van der Waals surface area contributed by atoms with Crippen LogP contribution in [0.25, 0.3) is 10.6 Å². The Balaban J connectivity index is 2.10. The lowest BCUT2D eigenvalue weighted by atomic mass is 10.2. The van der Waals surface area contributed by atoms with Gasteiger partial charge in [0.2, 0.25) is 0 Å². The zero-order chi connectivity index (χ0) is 14.8. The van der Waals surface area contributed by atoms with Crippen molar-refractivity contribution in [1.82, 2.24) is 4.98 Å². The fraction of sp³-hybridized carbons (Fsp3) is 0.167. The fourth-order valence-corrected chi connectivity index (χ4v) is 2.02. The number of nitrogens with zero attached hydrogens (tertiary/aromatic N) is 1. The molecule has 0 fully saturated rings. The SMILES string of the molecule is O=C(Nc1ccc(-c2nccs2)cc1)C(F)(F)C(F)F. The lowest BCUT2D eigenvalue weighted by molar-refractivity contribution is -0.163. The zero-order valence-corrected chi connectivity index (χ0v) is 10.6. The lowest BCUT2D eigenvalue weighted by Crippen LogP contribution is -2.40. The normalized spacial score (nSPS) is 11.7. The van der Waals surface area contributed by atoms with Crippen LogP contribution in [0.5, 0.6) is 0 Å². The topological polar surface area (TPSA) is 42.0 Å². The Morgan fingerprint density at radius 1 is 1.25 bits per heavy atom. The number of aromatic nitrogens is 1. The average Bonchev–Trinajstić information content (AvgIpc) is 2.93. The highest BCUT2D eigenvalue weighted by atomic mass is 32.1. The highest BCUT2D eigenvalue weighted by Gasteiger charge is 2.48. The molecule has 0 bridgehead atoms. The number of hydrogen-bond donors (Lipinski definition) is 1. The monoisotopic (exact) mass is 304 g/mol. The third-order valence-electron chi connectivity index (χ3n) is 2.40. The highest BCUT2D eigenvalue weighted by Crippen LogP contribution is 2.26. The van der Waals surface area contributed by atoms with E-state index in [9.17, 15) is 22.4 Å². The summed E-state index contributed by atoms with van der Waals surface area (Å²) in [4.78, 5) is 15.1. The molecule has 0 aliphatic rings. The van der Waals surface area contributed by atoms with Gasteiger partial charge in [-0.3, -0.25) is 4.79 Å². The second-order valence-electron chi connectivity index (χ2n) is 3.79. The minimum atomic E-state index is -4.71. The van der Waals surface area contributed by atoms with Gasteiger partial charge in [-0.1, -0.05) is 0 Å². The van der Waals surface area contributed by atoms with Gasteiger partial charge in [-0.15, -0.1) is 11.3 Å². The molecular formula is C12H8F4N2OS. The van der Waals surface area contributed by atoms with E-state index in [-0.39, 0.29) is 5.69 Å². The van der Waals surface area contributed by atoms with Crippen LogP contribution in [-0.2, 0) is 4.79 Å². The number of halogens is 4. The van der Waals surface area contributed by atoms with Crippen molar-refractivity contribution in [2.24, 2.45) is 0 Å². The molecular weight excluding hydrogens is 296 g/mol. The summed E-state index contributed by atoms with van der Waals surface area (Å²) in [6.45, 7) is 0. The molecule has 0 aliphatic heterocycles. The summed E-state index contributed by atoms with van der Waals surface area (Å²) in [6, 6.07) is 5.79. The molecule has 0 spiro atoms. The van der Waals surface area contributed by atoms with Crippen molar-refractivity contribution in [1.29, 1.82) is 0 Å². The summed E-state index contributed by atoms with van der Waals surface area (Å²) < 4.78 is 49.5. The molecule has 0 aliphatic carbocycles. The van der Waals surface area contributed by atoms with Gasteiger partial charge in [0.1, 0.15) is 5.01 Å². The quantitative estimate of drug-likeness (QED) is 0.876. The van der Waals surface area contributed by atoms with Crippen LogP contribution < -0.4 is 5.32 Å². The van der Waals surface area contributed by atoms with E-state index in [0.717, 1.165) is 10.6 Å². The minimum absolute atomic E-state index is 0.00984. The summed E-state index contributed by atoms with van der Waals surface area (Å²) in [6.07, 6.45) is -2.43. The Morgan fingerprint density at radius 3 is 2.40 bits per heavy atom. The summed E-state index contributed by atoms with van der Waals surface area (Å²) in [7, 11) is 0. The molecule has 2 rings (SSSR count). The van der Waals surface area contributed by atoms with Crippen LogP contribution in [0.15, 0.2) is 35.8 Å². The smallest absolute Gasteiger partial charge is 0.321 e. The molecule has 3 nitrogen and oxygen atoms in total. The van der Waals surface area contributed by atoms with E-state index in [1.807, 2.05) is 0 Å². The maximum Gasteiger partial charge on any atom is 0.383 e. The first-order valence-electron chi connectivity index (χ1n) is 5.38. The second kappa shape index (κ2) is 5.58. The van der Waals surface area contributed by atoms with E-state index in [2.05, 4.69) is 4.98 Å². The van der Waals surface area contributed by atoms with E-state index >= 15 is 0 Å². The van der Waals surface area contributed by atoms with Crippen LogP contribution in [0, 0.1) is 0 Å². The number of rotatable bonds is 4. The first-order valence-corrected chi connectivity index (χ1v) is 6.26. The highest BCUT2D eigenvalue weighted by molar-refractivity contribution is 7.13. The van der Waals surface area contributed by atoms with E-state index in [1.165, 1.54) is 23.5 Å². The lowest BCUT2D eigenvalue weighted by Gasteiger charge is -2.14. The molecule has 106 valence electrons. The summed E-state index contributed by atoms with van der Waals surface area (Å²) in [5, 5.41) is 4.25. The van der Waals surface area contributed by atoms with Crippen LogP contribution in [-0.4, -0.2) is 23.2 Å². The van der Waals surface area contributed by atoms with Gasteiger partial charge in [0.25, 0.3) is 0 Å². The van der Waals surface area contributed by atoms with Crippen LogP contribution in [0.2, 0.25) is 0 Å². The van der Waals surface area contributed by atoms with Crippen molar-refractivity contribution in [3.8, 4) is 10.6 Å². The Bertz CT molecular complexity index is 584. The van der Waals surface area contributed by atoms with Crippen LogP contribution >= 0.6 is 11.3 Å². The number of benzene rings is 1. The maximum absolute atomic E-state index is 12.8. The molecule has 0 unspecified atom stereocenters. The van der Waals surface area contributed by atoms with Crippen molar-refractivity contribution in [3.63, 3.8) is 0 Å². The molecule has 2 aromatic rings. The van der Waals surface area contributed by atoms with Gasteiger partial charge >= 0.3 is 18.3 Å². The van der Waals surface area contributed by atoms with Crippen molar-refractivity contribution in [3.05, 3.63) is 35.8 Å². The van der Waals surface area contributed by atoms with Gasteiger partial charge in [0, 0.05) is 22.8 Å². The Morgan fingerprint density at radius 2 is 1.90 bits per heavy atom. The first-order chi connectivity index (χ1) is 9.41. The third-order valence-corrected chi connectivity index (χ3v) is 3.22. The first kappa shape index (κ1) is 14.4. The Kier molecular flexibility index (Phi) is 4.03. The molecule has 20 heavy (non-hydrogen) atoms. The number of thiazole rings is 1. The van der Waals surface area contributed by atoms with Crippen molar-refractivity contribution >= 4 is 22.9 Å². The van der Waals surface area contributed by atoms with Gasteiger partial charge in [-0.05, 0) is 24.3 Å². The van der Waals surface area contributed by atoms with E-state index < -0.39 is 18.3 Å². The maximum atomic E-state index is 12.8. The molecule has 1 N–H and O–H groups in total. The average molecular weight is 304 g/mol. The minimum Gasteiger partial charge on any atom is -0.321 e. The molecule has 0 atom stereocenters. The number of nitrogens with one attached hydrogen (secondary N) is 1. The standard InChI is InChI=1S/C12H8F4N2OS/c13-10(14)12(15,16)11(19)18-8-3-1-7(2-4-8)9-17-5-6-20-9/h1-6,10H,(H,18,19). The predicted molar refractivity (Wildman–Crippen MR) is 67.1 cm³/mol. The van der Waals surface area contributed by atoms with Gasteiger partial charge in [-0.2, -0.15) is 8.78 Å². The van der Waals surface area contributed by atoms with Crippen molar-refractivity contribution in [2.75, 3.05) is 5.32 Å². The number of alkyl halides is 4. The van der Waals surface area contributed by atoms with Crippen molar-refractivity contribution < 1.29 is 22.4 Å². The second-order valence-corrected chi connectivity index (χ2v) is 4.69. The molecule has 1 heterocycles. The molecule has 1 aromatic heterocycles. The fourth-order valence-electron chi connectivity index (χ4n) is 1.38. The van der Waals surface area contributed by atoms with Gasteiger partial charge < -0.3 is 5.32 Å². The van der Waals surface area contributed by atoms with Gasteiger partial charge in [0.05, 0.1) is 0 Å². The molecule has 0 saturated heterocycles. The van der Waals surface area contributed by atoms with E-state index in [0.29, 0.717) is 0 Å². The van der Waals surface area contributed by atoms with E-state index in [1.54, 1.807) is 29.0 Å². The Labute approximate surface area is 115 Å². The van der Waals surface area contributed by atoms with Crippen LogP contribution in [0.3, 0.4) is 0 Å². The van der Waals surface area contributed by atoms with Gasteiger partial charge in [-0.25, -0.2) is 13.8 Å². The van der Waals surface area contributed by atoms with Crippen LogP contribution in [0.4, 0.5) is 23.2 Å². The largest absolute Gasteiger partial charge is 0.383 e. The number of hydrogen-bond acceptors (Lipinski definition) is 3. The van der Waals surface area contributed by atoms with E-state index in [4.69, 9.17) is 0 Å². The van der Waals surface area contributed by atoms with Gasteiger partial charge in [0.15, 0.2) is 0 Å². The summed E-state index contributed by atoms with van der Waals surface area (Å²) in [5.74, 6) is -6.75. The zero-order valence-electron chi connectivity index (χ0n) is 9.82. The predicted octanol–water partition coefficient (Wildman–Crippen LogP) is 3.65. The third kappa shape index (κ3) is 2.96. The number of carbonyl (C=O) groups is 1. The number of amides is 1.